The van der Waals surface area contributed by atoms with E-state index in [0.29, 0.717) is 0 Å². The van der Waals surface area contributed by atoms with Crippen LogP contribution in [0.15, 0.2) is 24.6 Å². The van der Waals surface area contributed by atoms with E-state index in [1.54, 1.807) is 13.8 Å². The summed E-state index contributed by atoms with van der Waals surface area (Å²) in [6.07, 6.45) is 1.70. The number of nitrogens with one attached hydrogen (secondary N) is 1. The van der Waals surface area contributed by atoms with Crippen molar-refractivity contribution in [2.75, 3.05) is 6.61 Å². The standard InChI is InChI=1S/C9H13NO4/c1-4-7(8(11)13-5-2)10-9(12)14-6-3/h4-5H,2,6H2,1,3H3,(H,10,12). The van der Waals surface area contributed by atoms with Crippen LogP contribution in [0.4, 0.5) is 4.79 Å². The van der Waals surface area contributed by atoms with E-state index in [-0.39, 0.29) is 12.3 Å². The van der Waals surface area contributed by atoms with Gasteiger partial charge in [-0.05, 0) is 13.8 Å². The first-order valence-corrected chi connectivity index (χ1v) is 4.07. The number of alkyl carbamates (subject to hydrolysis) is 1. The van der Waals surface area contributed by atoms with Crippen LogP contribution in [-0.4, -0.2) is 18.7 Å². The van der Waals surface area contributed by atoms with Gasteiger partial charge in [0.05, 0.1) is 12.9 Å². The van der Waals surface area contributed by atoms with Crippen LogP contribution in [0.3, 0.4) is 0 Å². The molecular formula is C9H13NO4. The summed E-state index contributed by atoms with van der Waals surface area (Å²) in [5.41, 5.74) is 0.0170. The third-order valence-electron chi connectivity index (χ3n) is 1.21. The fraction of sp³-hybridized carbons (Fsp3) is 0.333. The van der Waals surface area contributed by atoms with Crippen molar-refractivity contribution in [2.45, 2.75) is 13.8 Å². The Labute approximate surface area is 82.4 Å². The number of carbonyl (C=O) groups excluding carboxylic acids is 2. The molecule has 0 bridgehead atoms. The Morgan fingerprint density at radius 1 is 1.50 bits per heavy atom. The molecule has 1 amide bonds. The van der Waals surface area contributed by atoms with E-state index in [1.807, 2.05) is 0 Å². The van der Waals surface area contributed by atoms with E-state index < -0.39 is 12.1 Å². The van der Waals surface area contributed by atoms with Crippen LogP contribution < -0.4 is 5.32 Å². The van der Waals surface area contributed by atoms with Gasteiger partial charge in [0.25, 0.3) is 0 Å². The molecule has 0 saturated heterocycles. The molecule has 5 heteroatoms. The molecule has 0 spiro atoms. The van der Waals surface area contributed by atoms with Gasteiger partial charge < -0.3 is 9.47 Å². The average Bonchev–Trinajstić information content (AvgIpc) is 2.15. The minimum absolute atomic E-state index is 0.0170. The quantitative estimate of drug-likeness (QED) is 0.421. The second kappa shape index (κ2) is 6.71. The molecule has 0 heterocycles. The Morgan fingerprint density at radius 2 is 2.14 bits per heavy atom. The van der Waals surface area contributed by atoms with Gasteiger partial charge in [-0.1, -0.05) is 12.7 Å². The summed E-state index contributed by atoms with van der Waals surface area (Å²) in [6.45, 7) is 6.71. The van der Waals surface area contributed by atoms with Crippen molar-refractivity contribution in [2.24, 2.45) is 0 Å². The minimum atomic E-state index is -0.693. The molecule has 0 fully saturated rings. The van der Waals surface area contributed by atoms with Crippen LogP contribution in [0.5, 0.6) is 0 Å². The molecule has 1 N–H and O–H groups in total. The monoisotopic (exact) mass is 199 g/mol. The molecule has 0 aromatic heterocycles. The molecule has 0 radical (unpaired) electrons. The van der Waals surface area contributed by atoms with Gasteiger partial charge in [0.2, 0.25) is 0 Å². The predicted molar refractivity (Wildman–Crippen MR) is 50.2 cm³/mol. The number of allylic oxidation sites excluding steroid dienone is 1. The summed E-state index contributed by atoms with van der Waals surface area (Å²) < 4.78 is 9.04. The molecule has 0 saturated carbocycles. The van der Waals surface area contributed by atoms with Crippen molar-refractivity contribution in [3.8, 4) is 0 Å². The van der Waals surface area contributed by atoms with E-state index >= 15 is 0 Å². The van der Waals surface area contributed by atoms with Crippen LogP contribution in [-0.2, 0) is 14.3 Å². The van der Waals surface area contributed by atoms with Crippen molar-refractivity contribution < 1.29 is 19.1 Å². The van der Waals surface area contributed by atoms with Crippen LogP contribution in [0.1, 0.15) is 13.8 Å². The number of hydrogen-bond acceptors (Lipinski definition) is 4. The lowest BCUT2D eigenvalue weighted by molar-refractivity contribution is -0.134. The highest BCUT2D eigenvalue weighted by atomic mass is 16.6. The third-order valence-corrected chi connectivity index (χ3v) is 1.21. The van der Waals surface area contributed by atoms with Crippen molar-refractivity contribution in [1.82, 2.24) is 5.32 Å². The van der Waals surface area contributed by atoms with E-state index in [2.05, 4.69) is 21.4 Å². The molecule has 5 nitrogen and oxygen atoms in total. The van der Waals surface area contributed by atoms with Crippen molar-refractivity contribution >= 4 is 12.1 Å². The Hall–Kier alpha value is -1.78. The highest BCUT2D eigenvalue weighted by Crippen LogP contribution is 1.95. The normalized spacial score (nSPS) is 10.3. The van der Waals surface area contributed by atoms with Crippen molar-refractivity contribution in [3.05, 3.63) is 24.6 Å². The molecule has 14 heavy (non-hydrogen) atoms. The second-order valence-corrected chi connectivity index (χ2v) is 2.12. The maximum absolute atomic E-state index is 11.1. The first-order chi connectivity index (χ1) is 6.65. The van der Waals surface area contributed by atoms with Gasteiger partial charge in [0, 0.05) is 0 Å². The summed E-state index contributed by atoms with van der Waals surface area (Å²) in [5, 5.41) is 2.23. The highest BCUT2D eigenvalue weighted by Gasteiger charge is 2.12. The second-order valence-electron chi connectivity index (χ2n) is 2.12. The number of hydrogen-bond donors (Lipinski definition) is 1. The molecule has 0 aromatic rings. The minimum Gasteiger partial charge on any atom is -0.450 e. The number of rotatable bonds is 4. The van der Waals surface area contributed by atoms with Gasteiger partial charge in [0.1, 0.15) is 5.70 Å². The predicted octanol–water partition coefficient (Wildman–Crippen LogP) is 1.32. The van der Waals surface area contributed by atoms with Gasteiger partial charge in [-0.15, -0.1) is 0 Å². The molecule has 0 unspecified atom stereocenters. The zero-order chi connectivity index (χ0) is 11.0. The first-order valence-electron chi connectivity index (χ1n) is 4.07. The van der Waals surface area contributed by atoms with Gasteiger partial charge in [0.15, 0.2) is 0 Å². The molecule has 0 aliphatic rings. The van der Waals surface area contributed by atoms with Crippen LogP contribution in [0.25, 0.3) is 0 Å². The number of amides is 1. The maximum Gasteiger partial charge on any atom is 0.411 e. The lowest BCUT2D eigenvalue weighted by atomic mass is 10.4. The summed E-state index contributed by atoms with van der Waals surface area (Å²) in [7, 11) is 0. The number of esters is 1. The number of ether oxygens (including phenoxy) is 2. The Morgan fingerprint density at radius 3 is 2.57 bits per heavy atom. The third kappa shape index (κ3) is 4.30. The summed E-state index contributed by atoms with van der Waals surface area (Å²) in [6, 6.07) is 0. The zero-order valence-electron chi connectivity index (χ0n) is 8.20. The fourth-order valence-corrected chi connectivity index (χ4v) is 0.657. The molecule has 78 valence electrons. The lowest BCUT2D eigenvalue weighted by Gasteiger charge is -2.06. The Balaban J connectivity index is 4.23. The lowest BCUT2D eigenvalue weighted by Crippen LogP contribution is -2.28. The smallest absolute Gasteiger partial charge is 0.411 e. The summed E-state index contributed by atoms with van der Waals surface area (Å²) in [4.78, 5) is 22.0. The fourth-order valence-electron chi connectivity index (χ4n) is 0.657. The van der Waals surface area contributed by atoms with Gasteiger partial charge in [-0.3, -0.25) is 5.32 Å². The summed E-state index contributed by atoms with van der Waals surface area (Å²) in [5.74, 6) is -0.685. The molecule has 0 aromatic carbocycles. The largest absolute Gasteiger partial charge is 0.450 e. The average molecular weight is 199 g/mol. The zero-order valence-corrected chi connectivity index (χ0v) is 8.20. The van der Waals surface area contributed by atoms with E-state index in [9.17, 15) is 9.59 Å². The van der Waals surface area contributed by atoms with Crippen LogP contribution >= 0.6 is 0 Å². The Bertz CT molecular complexity index is 258. The van der Waals surface area contributed by atoms with Crippen molar-refractivity contribution in [3.63, 3.8) is 0 Å². The van der Waals surface area contributed by atoms with Gasteiger partial charge >= 0.3 is 12.1 Å². The first kappa shape index (κ1) is 12.2. The van der Waals surface area contributed by atoms with E-state index in [1.165, 1.54) is 6.08 Å². The molecule has 0 aliphatic heterocycles. The van der Waals surface area contributed by atoms with E-state index in [4.69, 9.17) is 0 Å². The number of carbonyl (C=O) groups is 2. The summed E-state index contributed by atoms with van der Waals surface area (Å²) >= 11 is 0. The molecule has 0 atom stereocenters. The van der Waals surface area contributed by atoms with Crippen LogP contribution in [0, 0.1) is 0 Å². The molecule has 0 aliphatic carbocycles. The topological polar surface area (TPSA) is 64.6 Å². The highest BCUT2D eigenvalue weighted by molar-refractivity contribution is 5.92. The maximum atomic E-state index is 11.1. The van der Waals surface area contributed by atoms with Crippen molar-refractivity contribution in [1.29, 1.82) is 0 Å². The SMILES string of the molecule is C=COC(=O)C(=CC)NC(=O)OCC. The van der Waals surface area contributed by atoms with Gasteiger partial charge in [-0.25, -0.2) is 9.59 Å². The molecular weight excluding hydrogens is 186 g/mol. The molecule has 0 rings (SSSR count). The van der Waals surface area contributed by atoms with Crippen LogP contribution in [0.2, 0.25) is 0 Å². The van der Waals surface area contributed by atoms with Gasteiger partial charge in [-0.2, -0.15) is 0 Å². The van der Waals surface area contributed by atoms with E-state index in [0.717, 1.165) is 6.26 Å². The Kier molecular flexibility index (Phi) is 5.85.